The fraction of sp³-hybridized carbons (Fsp3) is 0.316. The van der Waals surface area contributed by atoms with E-state index in [1.807, 2.05) is 13.0 Å². The highest BCUT2D eigenvalue weighted by molar-refractivity contribution is 9.10. The van der Waals surface area contributed by atoms with Gasteiger partial charge in [0.2, 0.25) is 0 Å². The average molecular weight is 410 g/mol. The smallest absolute Gasteiger partial charge is 0.412 e. The number of hydrogen-bond donors (Lipinski definition) is 1. The van der Waals surface area contributed by atoms with Crippen molar-refractivity contribution in [3.05, 3.63) is 57.8 Å². The molecule has 0 atom stereocenters. The lowest BCUT2D eigenvalue weighted by Crippen LogP contribution is -2.27. The molecular formula is C19H21BrFNO3. The first-order chi connectivity index (χ1) is 11.7. The second kappa shape index (κ2) is 7.87. The van der Waals surface area contributed by atoms with Gasteiger partial charge in [0, 0.05) is 17.3 Å². The van der Waals surface area contributed by atoms with Gasteiger partial charge in [0.1, 0.15) is 23.8 Å². The molecule has 0 aliphatic heterocycles. The quantitative estimate of drug-likeness (QED) is 0.691. The van der Waals surface area contributed by atoms with Crippen molar-refractivity contribution < 1.29 is 18.7 Å². The van der Waals surface area contributed by atoms with Crippen LogP contribution >= 0.6 is 15.9 Å². The first-order valence-electron chi connectivity index (χ1n) is 7.82. The summed E-state index contributed by atoms with van der Waals surface area (Å²) in [6.45, 7) is 7.28. The van der Waals surface area contributed by atoms with Gasteiger partial charge in [-0.1, -0.05) is 18.2 Å². The maximum Gasteiger partial charge on any atom is 0.412 e. The van der Waals surface area contributed by atoms with Gasteiger partial charge in [-0.25, -0.2) is 9.18 Å². The minimum Gasteiger partial charge on any atom is -0.489 e. The van der Waals surface area contributed by atoms with Gasteiger partial charge in [-0.05, 0) is 61.3 Å². The fourth-order valence-corrected chi connectivity index (χ4v) is 2.43. The molecule has 0 saturated carbocycles. The zero-order valence-electron chi connectivity index (χ0n) is 14.7. The topological polar surface area (TPSA) is 47.6 Å². The van der Waals surface area contributed by atoms with E-state index in [4.69, 9.17) is 9.47 Å². The number of carbonyl (C=O) groups is 1. The van der Waals surface area contributed by atoms with Crippen LogP contribution < -0.4 is 10.1 Å². The zero-order valence-corrected chi connectivity index (χ0v) is 16.2. The lowest BCUT2D eigenvalue weighted by molar-refractivity contribution is 0.0636. The number of anilines is 1. The highest BCUT2D eigenvalue weighted by Crippen LogP contribution is 2.25. The predicted molar refractivity (Wildman–Crippen MR) is 99.5 cm³/mol. The molecule has 1 N–H and O–H groups in total. The Kier molecular flexibility index (Phi) is 6.06. The number of ether oxygens (including phenoxy) is 2. The van der Waals surface area contributed by atoms with E-state index in [1.165, 1.54) is 0 Å². The van der Waals surface area contributed by atoms with Crippen LogP contribution in [-0.2, 0) is 11.3 Å². The summed E-state index contributed by atoms with van der Waals surface area (Å²) < 4.78 is 25.5. The Morgan fingerprint density at radius 1 is 1.24 bits per heavy atom. The molecule has 1 amide bonds. The van der Waals surface area contributed by atoms with Crippen molar-refractivity contribution in [3.63, 3.8) is 0 Å². The fourth-order valence-electron chi connectivity index (χ4n) is 2.04. The number of hydrogen-bond acceptors (Lipinski definition) is 3. The van der Waals surface area contributed by atoms with Crippen LogP contribution in [0.4, 0.5) is 14.9 Å². The monoisotopic (exact) mass is 409 g/mol. The number of benzene rings is 2. The Labute approximate surface area is 155 Å². The largest absolute Gasteiger partial charge is 0.489 e. The molecule has 0 heterocycles. The van der Waals surface area contributed by atoms with Crippen LogP contribution in [0, 0.1) is 12.7 Å². The zero-order chi connectivity index (χ0) is 18.6. The first kappa shape index (κ1) is 19.2. The van der Waals surface area contributed by atoms with Crippen molar-refractivity contribution in [1.29, 1.82) is 0 Å². The van der Waals surface area contributed by atoms with Crippen LogP contribution in [0.2, 0.25) is 0 Å². The summed E-state index contributed by atoms with van der Waals surface area (Å²) in [6, 6.07) is 10.4. The predicted octanol–water partition coefficient (Wildman–Crippen LogP) is 5.82. The van der Waals surface area contributed by atoms with E-state index in [-0.39, 0.29) is 12.4 Å². The Balaban J connectivity index is 2.02. The summed E-state index contributed by atoms with van der Waals surface area (Å²) in [5.41, 5.74) is 1.24. The minimum atomic E-state index is -0.575. The molecule has 6 heteroatoms. The number of rotatable bonds is 4. The molecule has 0 aliphatic carbocycles. The molecule has 134 valence electrons. The summed E-state index contributed by atoms with van der Waals surface area (Å²) in [5, 5.41) is 2.64. The van der Waals surface area contributed by atoms with Gasteiger partial charge in [-0.3, -0.25) is 5.32 Å². The van der Waals surface area contributed by atoms with Crippen molar-refractivity contribution >= 4 is 27.7 Å². The van der Waals surface area contributed by atoms with E-state index >= 15 is 0 Å². The molecular weight excluding hydrogens is 389 g/mol. The summed E-state index contributed by atoms with van der Waals surface area (Å²) in [4.78, 5) is 11.8. The van der Waals surface area contributed by atoms with Crippen molar-refractivity contribution in [2.24, 2.45) is 0 Å². The SMILES string of the molecule is Cc1ccc(COc2cccc(NC(=O)OC(C)(C)C)c2)c(F)c1Br. The molecule has 2 aromatic rings. The number of aryl methyl sites for hydroxylation is 1. The minimum absolute atomic E-state index is 0.0839. The van der Waals surface area contributed by atoms with Crippen molar-refractivity contribution in [3.8, 4) is 5.75 Å². The van der Waals surface area contributed by atoms with E-state index < -0.39 is 11.7 Å². The van der Waals surface area contributed by atoms with Gasteiger partial charge in [-0.15, -0.1) is 0 Å². The number of carbonyl (C=O) groups excluding carboxylic acids is 1. The average Bonchev–Trinajstić information content (AvgIpc) is 2.50. The van der Waals surface area contributed by atoms with E-state index in [0.717, 1.165) is 5.56 Å². The molecule has 0 saturated heterocycles. The van der Waals surface area contributed by atoms with E-state index in [2.05, 4.69) is 21.2 Å². The van der Waals surface area contributed by atoms with Crippen LogP contribution in [0.5, 0.6) is 5.75 Å². The summed E-state index contributed by atoms with van der Waals surface area (Å²) >= 11 is 3.23. The standard InChI is InChI=1S/C19H21BrFNO3/c1-12-8-9-13(17(21)16(12)20)11-24-15-7-5-6-14(10-15)22-18(23)25-19(2,3)4/h5-10H,11H2,1-4H3,(H,22,23). The third-order valence-corrected chi connectivity index (χ3v) is 4.20. The summed E-state index contributed by atoms with van der Waals surface area (Å²) in [5.74, 6) is 0.188. The molecule has 0 fully saturated rings. The maximum absolute atomic E-state index is 14.2. The van der Waals surface area contributed by atoms with Crippen LogP contribution in [0.1, 0.15) is 31.9 Å². The molecule has 0 bridgehead atoms. The Morgan fingerprint density at radius 3 is 2.64 bits per heavy atom. The molecule has 4 nitrogen and oxygen atoms in total. The maximum atomic E-state index is 14.2. The van der Waals surface area contributed by atoms with Crippen LogP contribution in [0.15, 0.2) is 40.9 Å². The molecule has 2 aromatic carbocycles. The Hall–Kier alpha value is -2.08. The van der Waals surface area contributed by atoms with Crippen molar-refractivity contribution in [2.75, 3.05) is 5.32 Å². The summed E-state index contributed by atoms with van der Waals surface area (Å²) in [6.07, 6.45) is -0.543. The van der Waals surface area contributed by atoms with Gasteiger partial charge in [-0.2, -0.15) is 0 Å². The lowest BCUT2D eigenvalue weighted by atomic mass is 10.1. The number of nitrogens with one attached hydrogen (secondary N) is 1. The van der Waals surface area contributed by atoms with Gasteiger partial charge in [0.15, 0.2) is 0 Å². The number of halogens is 2. The third-order valence-electron chi connectivity index (χ3n) is 3.23. The number of amides is 1. The first-order valence-corrected chi connectivity index (χ1v) is 8.61. The highest BCUT2D eigenvalue weighted by atomic mass is 79.9. The van der Waals surface area contributed by atoms with Gasteiger partial charge in [0.05, 0.1) is 4.47 Å². The van der Waals surface area contributed by atoms with Crippen molar-refractivity contribution in [1.82, 2.24) is 0 Å². The normalized spacial score (nSPS) is 11.1. The van der Waals surface area contributed by atoms with E-state index in [1.54, 1.807) is 51.1 Å². The van der Waals surface area contributed by atoms with Crippen LogP contribution in [0.3, 0.4) is 0 Å². The molecule has 0 radical (unpaired) electrons. The highest BCUT2D eigenvalue weighted by Gasteiger charge is 2.16. The molecule has 0 spiro atoms. The van der Waals surface area contributed by atoms with Gasteiger partial charge < -0.3 is 9.47 Å². The molecule has 0 unspecified atom stereocenters. The second-order valence-electron chi connectivity index (χ2n) is 6.61. The molecule has 0 aliphatic rings. The third kappa shape index (κ3) is 5.74. The second-order valence-corrected chi connectivity index (χ2v) is 7.41. The van der Waals surface area contributed by atoms with Crippen molar-refractivity contribution in [2.45, 2.75) is 39.9 Å². The molecule has 0 aromatic heterocycles. The van der Waals surface area contributed by atoms with Gasteiger partial charge >= 0.3 is 6.09 Å². The van der Waals surface area contributed by atoms with Crippen LogP contribution in [0.25, 0.3) is 0 Å². The molecule has 2 rings (SSSR count). The van der Waals surface area contributed by atoms with E-state index in [9.17, 15) is 9.18 Å². The van der Waals surface area contributed by atoms with Crippen LogP contribution in [-0.4, -0.2) is 11.7 Å². The Bertz CT molecular complexity index is 772. The Morgan fingerprint density at radius 2 is 1.96 bits per heavy atom. The van der Waals surface area contributed by atoms with E-state index in [0.29, 0.717) is 21.5 Å². The van der Waals surface area contributed by atoms with Gasteiger partial charge in [0.25, 0.3) is 0 Å². The lowest BCUT2D eigenvalue weighted by Gasteiger charge is -2.19. The summed E-state index contributed by atoms with van der Waals surface area (Å²) in [7, 11) is 0. The molecule has 25 heavy (non-hydrogen) atoms.